The Labute approximate surface area is 141 Å². The molecule has 6 nitrogen and oxygen atoms in total. The molecule has 0 radical (unpaired) electrons. The topological polar surface area (TPSA) is 89.9 Å². The molecule has 1 N–H and O–H groups in total. The highest BCUT2D eigenvalue weighted by atomic mass is 16.5. The smallest absolute Gasteiger partial charge is 0.310 e. The van der Waals surface area contributed by atoms with Gasteiger partial charge in [0.25, 0.3) is 0 Å². The molecule has 0 unspecified atom stereocenters. The number of aliphatic hydroxyl groups is 1. The van der Waals surface area contributed by atoms with Crippen molar-refractivity contribution in [2.75, 3.05) is 14.2 Å². The fourth-order valence-corrected chi connectivity index (χ4v) is 5.38. The summed E-state index contributed by atoms with van der Waals surface area (Å²) in [6.07, 6.45) is 2.42. The quantitative estimate of drug-likeness (QED) is 0.777. The highest BCUT2D eigenvalue weighted by Gasteiger charge is 2.72. The second kappa shape index (κ2) is 5.15. The van der Waals surface area contributed by atoms with Crippen molar-refractivity contribution in [3.8, 4) is 0 Å². The van der Waals surface area contributed by atoms with Crippen molar-refractivity contribution in [3.05, 3.63) is 11.6 Å². The molecule has 0 aromatic rings. The van der Waals surface area contributed by atoms with Crippen LogP contribution >= 0.6 is 0 Å². The van der Waals surface area contributed by atoms with E-state index in [1.807, 2.05) is 13.0 Å². The van der Waals surface area contributed by atoms with Gasteiger partial charge in [-0.15, -0.1) is 0 Å². The molecule has 0 amide bonds. The number of Topliss-reactive ketones (excluding diaryl/α,β-unsaturated/α-hetero) is 1. The third-order valence-electron chi connectivity index (χ3n) is 6.32. The van der Waals surface area contributed by atoms with Crippen LogP contribution in [0.5, 0.6) is 0 Å². The molecule has 6 heteroatoms. The predicted octanol–water partition coefficient (Wildman–Crippen LogP) is 1.12. The average Bonchev–Trinajstić information content (AvgIpc) is 3.10. The summed E-state index contributed by atoms with van der Waals surface area (Å²) in [6.45, 7) is 5.10. The van der Waals surface area contributed by atoms with Gasteiger partial charge >= 0.3 is 11.9 Å². The largest absolute Gasteiger partial charge is 0.469 e. The van der Waals surface area contributed by atoms with Crippen LogP contribution in [0.3, 0.4) is 0 Å². The first kappa shape index (κ1) is 17.1. The van der Waals surface area contributed by atoms with Crippen molar-refractivity contribution < 1.29 is 29.0 Å². The molecule has 24 heavy (non-hydrogen) atoms. The second-order valence-corrected chi connectivity index (χ2v) is 7.98. The number of fused-ring (bicyclic) bond motifs is 5. The monoisotopic (exact) mass is 336 g/mol. The average molecular weight is 336 g/mol. The predicted molar refractivity (Wildman–Crippen MR) is 83.6 cm³/mol. The minimum Gasteiger partial charge on any atom is -0.469 e. The lowest BCUT2D eigenvalue weighted by Crippen LogP contribution is -2.47. The van der Waals surface area contributed by atoms with Crippen LogP contribution in [0.25, 0.3) is 0 Å². The van der Waals surface area contributed by atoms with Crippen LogP contribution in [0.15, 0.2) is 11.6 Å². The van der Waals surface area contributed by atoms with Crippen molar-refractivity contribution in [1.82, 2.24) is 0 Å². The molecule has 0 saturated heterocycles. The maximum atomic E-state index is 12.9. The molecule has 132 valence electrons. The fourth-order valence-electron chi connectivity index (χ4n) is 5.38. The van der Waals surface area contributed by atoms with Crippen molar-refractivity contribution >= 4 is 17.7 Å². The Balaban J connectivity index is 2.08. The third-order valence-corrected chi connectivity index (χ3v) is 6.32. The highest BCUT2D eigenvalue weighted by molar-refractivity contribution is 6.03. The number of ketones is 1. The first-order valence-electron chi connectivity index (χ1n) is 8.22. The van der Waals surface area contributed by atoms with Gasteiger partial charge in [-0.2, -0.15) is 0 Å². The Bertz CT molecular complexity index is 642. The summed E-state index contributed by atoms with van der Waals surface area (Å²) in [4.78, 5) is 37.6. The fraction of sp³-hybridized carbons (Fsp3) is 0.722. The van der Waals surface area contributed by atoms with Crippen LogP contribution in [0, 0.1) is 35.0 Å². The number of carbonyl (C=O) groups excluding carboxylic acids is 3. The van der Waals surface area contributed by atoms with E-state index in [1.165, 1.54) is 14.2 Å². The Morgan fingerprint density at radius 3 is 2.33 bits per heavy atom. The van der Waals surface area contributed by atoms with Crippen LogP contribution in [0.1, 0.15) is 27.2 Å². The Kier molecular flexibility index (Phi) is 3.68. The molecule has 3 rings (SSSR count). The standard InChI is InChI=1S/C18H24O6/c1-17(2,22)10-6-9-11(14(10)19)8-7-18(9,3)13(16(21)24-5)12(8)15(20)23-4/h6,8-9,11-13,22H,7H2,1-5H3/t8-,9+,11+,12+,13-,18+/m0/s1. The zero-order chi connectivity index (χ0) is 18.0. The first-order valence-corrected chi connectivity index (χ1v) is 8.22. The molecule has 3 aliphatic carbocycles. The minimum absolute atomic E-state index is 0.113. The van der Waals surface area contributed by atoms with E-state index >= 15 is 0 Å². The molecule has 2 saturated carbocycles. The molecule has 6 atom stereocenters. The van der Waals surface area contributed by atoms with Gasteiger partial charge in [0, 0.05) is 11.5 Å². The van der Waals surface area contributed by atoms with E-state index in [1.54, 1.807) is 13.8 Å². The SMILES string of the molecule is COC(=O)[C@@H]1[C@H]2C[C@](C)([C@@H]3C=C(C(C)(C)O)C(=O)[C@H]23)[C@@H]1C(=O)OC. The van der Waals surface area contributed by atoms with E-state index in [4.69, 9.17) is 9.47 Å². The van der Waals surface area contributed by atoms with E-state index < -0.39 is 34.8 Å². The number of hydrogen-bond acceptors (Lipinski definition) is 6. The van der Waals surface area contributed by atoms with Crippen LogP contribution in [0.4, 0.5) is 0 Å². The molecule has 3 aliphatic rings. The molecule has 0 aliphatic heterocycles. The van der Waals surface area contributed by atoms with Crippen molar-refractivity contribution in [2.24, 2.45) is 35.0 Å². The molecular weight excluding hydrogens is 312 g/mol. The van der Waals surface area contributed by atoms with E-state index in [0.29, 0.717) is 12.0 Å². The number of allylic oxidation sites excluding steroid dienone is 1. The van der Waals surface area contributed by atoms with Gasteiger partial charge in [-0.05, 0) is 37.5 Å². The number of hydrogen-bond donors (Lipinski definition) is 1. The Morgan fingerprint density at radius 2 is 1.83 bits per heavy atom. The Hall–Kier alpha value is -1.69. The van der Waals surface area contributed by atoms with Gasteiger partial charge in [-0.25, -0.2) is 0 Å². The van der Waals surface area contributed by atoms with E-state index in [0.717, 1.165) is 0 Å². The summed E-state index contributed by atoms with van der Waals surface area (Å²) in [7, 11) is 2.60. The number of esters is 2. The molecule has 0 aromatic carbocycles. The third kappa shape index (κ3) is 2.01. The number of methoxy groups -OCH3 is 2. The number of ether oxygens (including phenoxy) is 2. The van der Waals surface area contributed by atoms with E-state index in [9.17, 15) is 19.5 Å². The molecular formula is C18H24O6. The van der Waals surface area contributed by atoms with Crippen LogP contribution in [-0.2, 0) is 23.9 Å². The van der Waals surface area contributed by atoms with Gasteiger partial charge in [0.1, 0.15) is 0 Å². The highest BCUT2D eigenvalue weighted by Crippen LogP contribution is 2.69. The minimum atomic E-state index is -1.24. The molecule has 0 spiro atoms. The summed E-state index contributed by atoms with van der Waals surface area (Å²) in [5.41, 5.74) is -1.41. The van der Waals surface area contributed by atoms with E-state index in [-0.39, 0.29) is 23.5 Å². The van der Waals surface area contributed by atoms with Gasteiger partial charge in [0.15, 0.2) is 5.78 Å². The number of carbonyl (C=O) groups is 3. The summed E-state index contributed by atoms with van der Waals surface area (Å²) in [6, 6.07) is 0. The molecule has 0 aromatic heterocycles. The second-order valence-electron chi connectivity index (χ2n) is 7.98. The number of rotatable bonds is 3. The van der Waals surface area contributed by atoms with Crippen molar-refractivity contribution in [3.63, 3.8) is 0 Å². The van der Waals surface area contributed by atoms with Gasteiger partial charge in [-0.1, -0.05) is 13.0 Å². The maximum Gasteiger partial charge on any atom is 0.310 e. The first-order chi connectivity index (χ1) is 11.1. The van der Waals surface area contributed by atoms with Crippen molar-refractivity contribution in [2.45, 2.75) is 32.8 Å². The lowest BCUT2D eigenvalue weighted by molar-refractivity contribution is -0.166. The lowest BCUT2D eigenvalue weighted by atomic mass is 9.62. The molecule has 2 bridgehead atoms. The summed E-state index contributed by atoms with van der Waals surface area (Å²) in [5, 5.41) is 10.3. The zero-order valence-corrected chi connectivity index (χ0v) is 14.7. The van der Waals surface area contributed by atoms with Gasteiger partial charge in [-0.3, -0.25) is 14.4 Å². The van der Waals surface area contributed by atoms with Crippen LogP contribution in [-0.4, -0.2) is 42.6 Å². The van der Waals surface area contributed by atoms with Gasteiger partial charge < -0.3 is 14.6 Å². The summed E-state index contributed by atoms with van der Waals surface area (Å²) >= 11 is 0. The normalized spacial score (nSPS) is 40.3. The molecule has 0 heterocycles. The Morgan fingerprint density at radius 1 is 1.25 bits per heavy atom. The summed E-state index contributed by atoms with van der Waals surface area (Å²) < 4.78 is 9.85. The van der Waals surface area contributed by atoms with Crippen LogP contribution < -0.4 is 0 Å². The zero-order valence-electron chi connectivity index (χ0n) is 14.7. The molecule has 2 fully saturated rings. The van der Waals surface area contributed by atoms with Gasteiger partial charge in [0.05, 0.1) is 31.7 Å². The lowest BCUT2D eigenvalue weighted by Gasteiger charge is -2.40. The van der Waals surface area contributed by atoms with E-state index in [2.05, 4.69) is 0 Å². The van der Waals surface area contributed by atoms with Crippen LogP contribution in [0.2, 0.25) is 0 Å². The van der Waals surface area contributed by atoms with Crippen molar-refractivity contribution in [1.29, 1.82) is 0 Å². The van der Waals surface area contributed by atoms with Gasteiger partial charge in [0.2, 0.25) is 0 Å². The summed E-state index contributed by atoms with van der Waals surface area (Å²) in [5.74, 6) is -3.13. The maximum absolute atomic E-state index is 12.9.